The summed E-state index contributed by atoms with van der Waals surface area (Å²) in [6, 6.07) is 3.31. The van der Waals surface area contributed by atoms with Crippen LogP contribution in [0.2, 0.25) is 0 Å². The lowest BCUT2D eigenvalue weighted by atomic mass is 10.1. The highest BCUT2D eigenvalue weighted by atomic mass is 19.1. The highest BCUT2D eigenvalue weighted by molar-refractivity contribution is 5.71. The number of hydrogen-bond acceptors (Lipinski definition) is 2. The first-order chi connectivity index (χ1) is 9.45. The summed E-state index contributed by atoms with van der Waals surface area (Å²) in [4.78, 5) is 4.43. The number of hydrogen-bond donors (Lipinski definition) is 1. The van der Waals surface area contributed by atoms with E-state index in [0.29, 0.717) is 18.1 Å². The van der Waals surface area contributed by atoms with Crippen molar-refractivity contribution in [3.63, 3.8) is 0 Å². The van der Waals surface area contributed by atoms with Crippen LogP contribution in [-0.4, -0.2) is 9.55 Å². The number of aromatic nitrogens is 2. The average molecular weight is 279 g/mol. The molecule has 0 atom stereocenters. The van der Waals surface area contributed by atoms with Gasteiger partial charge in [-0.2, -0.15) is 0 Å². The Bertz CT molecular complexity index is 618. The van der Waals surface area contributed by atoms with Crippen LogP contribution in [0.25, 0.3) is 11.3 Å². The molecule has 2 rings (SSSR count). The molecule has 2 N–H and O–H groups in total. The van der Waals surface area contributed by atoms with Crippen molar-refractivity contribution in [2.75, 3.05) is 5.73 Å². The Morgan fingerprint density at radius 3 is 2.60 bits per heavy atom. The third-order valence-electron chi connectivity index (χ3n) is 3.18. The summed E-state index contributed by atoms with van der Waals surface area (Å²) in [5.74, 6) is 0.323. The standard InChI is InChI=1S/C15H19F2N3/c1-4-7-20-14(18)13(19-15(20)9(2)3)11-8-10(16)5-6-12(11)17/h5-6,8-9H,4,7,18H2,1-3H3. The average Bonchev–Trinajstić information content (AvgIpc) is 2.71. The maximum absolute atomic E-state index is 13.9. The molecule has 0 aliphatic carbocycles. The third-order valence-corrected chi connectivity index (χ3v) is 3.18. The molecule has 20 heavy (non-hydrogen) atoms. The van der Waals surface area contributed by atoms with E-state index in [0.717, 1.165) is 30.4 Å². The molecule has 1 aromatic heterocycles. The van der Waals surface area contributed by atoms with Gasteiger partial charge in [-0.3, -0.25) is 0 Å². The molecule has 0 aliphatic heterocycles. The van der Waals surface area contributed by atoms with Gasteiger partial charge in [0.15, 0.2) is 0 Å². The minimum Gasteiger partial charge on any atom is -0.383 e. The molecule has 0 unspecified atom stereocenters. The van der Waals surface area contributed by atoms with Crippen molar-refractivity contribution in [1.29, 1.82) is 0 Å². The van der Waals surface area contributed by atoms with Crippen molar-refractivity contribution < 1.29 is 8.78 Å². The molecule has 0 saturated heterocycles. The summed E-state index contributed by atoms with van der Waals surface area (Å²) in [5, 5.41) is 0. The van der Waals surface area contributed by atoms with Crippen LogP contribution >= 0.6 is 0 Å². The first-order valence-electron chi connectivity index (χ1n) is 6.77. The van der Waals surface area contributed by atoms with Crippen LogP contribution in [0.5, 0.6) is 0 Å². The van der Waals surface area contributed by atoms with Gasteiger partial charge in [0.05, 0.1) is 0 Å². The number of nitrogens with zero attached hydrogens (tertiary/aromatic N) is 2. The predicted molar refractivity (Wildman–Crippen MR) is 76.4 cm³/mol. The summed E-state index contributed by atoms with van der Waals surface area (Å²) in [5.41, 5.74) is 6.52. The van der Waals surface area contributed by atoms with E-state index in [1.54, 1.807) is 0 Å². The van der Waals surface area contributed by atoms with E-state index in [1.807, 2.05) is 25.3 Å². The van der Waals surface area contributed by atoms with E-state index in [4.69, 9.17) is 5.73 Å². The Kier molecular flexibility index (Phi) is 4.06. The normalized spacial score (nSPS) is 11.3. The Hall–Kier alpha value is -1.91. The molecule has 3 nitrogen and oxygen atoms in total. The highest BCUT2D eigenvalue weighted by Crippen LogP contribution is 2.31. The van der Waals surface area contributed by atoms with Crippen molar-refractivity contribution in [3.8, 4) is 11.3 Å². The number of nitrogens with two attached hydrogens (primary N) is 1. The highest BCUT2D eigenvalue weighted by Gasteiger charge is 2.20. The molecular weight excluding hydrogens is 260 g/mol. The lowest BCUT2D eigenvalue weighted by Gasteiger charge is -2.10. The monoisotopic (exact) mass is 279 g/mol. The summed E-state index contributed by atoms with van der Waals surface area (Å²) in [7, 11) is 0. The van der Waals surface area contributed by atoms with Crippen LogP contribution in [0, 0.1) is 11.6 Å². The minimum absolute atomic E-state index is 0.110. The summed E-state index contributed by atoms with van der Waals surface area (Å²) < 4.78 is 29.1. The second kappa shape index (κ2) is 5.61. The first kappa shape index (κ1) is 14.5. The molecule has 108 valence electrons. The van der Waals surface area contributed by atoms with Crippen LogP contribution in [0.4, 0.5) is 14.6 Å². The molecule has 0 saturated carbocycles. The fourth-order valence-electron chi connectivity index (χ4n) is 2.26. The Balaban J connectivity index is 2.63. The Morgan fingerprint density at radius 1 is 1.30 bits per heavy atom. The minimum atomic E-state index is -0.519. The van der Waals surface area contributed by atoms with E-state index in [-0.39, 0.29) is 11.5 Å². The van der Waals surface area contributed by atoms with Crippen LogP contribution in [0.1, 0.15) is 38.9 Å². The van der Waals surface area contributed by atoms with Crippen LogP contribution < -0.4 is 5.73 Å². The molecular formula is C15H19F2N3. The Morgan fingerprint density at radius 2 is 2.00 bits per heavy atom. The number of imidazole rings is 1. The molecule has 1 heterocycles. The van der Waals surface area contributed by atoms with Crippen molar-refractivity contribution in [2.45, 2.75) is 39.7 Å². The molecule has 0 radical (unpaired) electrons. The van der Waals surface area contributed by atoms with Crippen LogP contribution in [0.3, 0.4) is 0 Å². The van der Waals surface area contributed by atoms with Gasteiger partial charge in [-0.15, -0.1) is 0 Å². The maximum atomic E-state index is 13.9. The van der Waals surface area contributed by atoms with E-state index in [2.05, 4.69) is 4.98 Å². The van der Waals surface area contributed by atoms with E-state index in [9.17, 15) is 8.78 Å². The van der Waals surface area contributed by atoms with Gasteiger partial charge in [0.1, 0.15) is 29.0 Å². The number of anilines is 1. The van der Waals surface area contributed by atoms with Crippen molar-refractivity contribution >= 4 is 5.82 Å². The van der Waals surface area contributed by atoms with Gasteiger partial charge in [-0.25, -0.2) is 13.8 Å². The zero-order valence-corrected chi connectivity index (χ0v) is 12.0. The molecule has 0 aliphatic rings. The molecule has 2 aromatic rings. The molecule has 0 amide bonds. The van der Waals surface area contributed by atoms with Crippen molar-refractivity contribution in [3.05, 3.63) is 35.7 Å². The van der Waals surface area contributed by atoms with E-state index in [1.165, 1.54) is 0 Å². The molecule has 0 spiro atoms. The zero-order valence-electron chi connectivity index (χ0n) is 12.0. The summed E-state index contributed by atoms with van der Waals surface area (Å²) in [6.07, 6.45) is 0.894. The first-order valence-corrected chi connectivity index (χ1v) is 6.77. The lowest BCUT2D eigenvalue weighted by molar-refractivity contribution is 0.602. The SMILES string of the molecule is CCCn1c(C(C)C)nc(-c2cc(F)ccc2F)c1N. The van der Waals surface area contributed by atoms with Gasteiger partial charge in [-0.05, 0) is 24.6 Å². The number of nitrogen functional groups attached to an aromatic ring is 1. The summed E-state index contributed by atoms with van der Waals surface area (Å²) >= 11 is 0. The van der Waals surface area contributed by atoms with Gasteiger partial charge in [0, 0.05) is 18.0 Å². The van der Waals surface area contributed by atoms with Gasteiger partial charge in [0.25, 0.3) is 0 Å². The van der Waals surface area contributed by atoms with Crippen LogP contribution in [0.15, 0.2) is 18.2 Å². The van der Waals surface area contributed by atoms with Crippen molar-refractivity contribution in [2.24, 2.45) is 0 Å². The van der Waals surface area contributed by atoms with Crippen molar-refractivity contribution in [1.82, 2.24) is 9.55 Å². The third kappa shape index (κ3) is 2.53. The smallest absolute Gasteiger partial charge is 0.132 e. The zero-order chi connectivity index (χ0) is 14.9. The number of rotatable bonds is 4. The largest absolute Gasteiger partial charge is 0.383 e. The van der Waals surface area contributed by atoms with Crippen LogP contribution in [-0.2, 0) is 6.54 Å². The van der Waals surface area contributed by atoms with Gasteiger partial charge < -0.3 is 10.3 Å². The van der Waals surface area contributed by atoms with Gasteiger partial charge in [0.2, 0.25) is 0 Å². The van der Waals surface area contributed by atoms with E-state index < -0.39 is 11.6 Å². The molecule has 0 fully saturated rings. The quantitative estimate of drug-likeness (QED) is 0.921. The molecule has 5 heteroatoms. The second-order valence-electron chi connectivity index (χ2n) is 5.13. The Labute approximate surface area is 117 Å². The fraction of sp³-hybridized carbons (Fsp3) is 0.400. The predicted octanol–water partition coefficient (Wildman–Crippen LogP) is 3.94. The maximum Gasteiger partial charge on any atom is 0.132 e. The molecule has 1 aromatic carbocycles. The van der Waals surface area contributed by atoms with Gasteiger partial charge in [-0.1, -0.05) is 20.8 Å². The van der Waals surface area contributed by atoms with Gasteiger partial charge >= 0.3 is 0 Å². The summed E-state index contributed by atoms with van der Waals surface area (Å²) in [6.45, 7) is 6.74. The lowest BCUT2D eigenvalue weighted by Crippen LogP contribution is -2.08. The molecule has 0 bridgehead atoms. The number of benzene rings is 1. The second-order valence-corrected chi connectivity index (χ2v) is 5.13. The number of halogens is 2. The van der Waals surface area contributed by atoms with E-state index >= 15 is 0 Å². The fourth-order valence-corrected chi connectivity index (χ4v) is 2.26. The topological polar surface area (TPSA) is 43.8 Å².